The Morgan fingerprint density at radius 1 is 1.24 bits per heavy atom. The topological polar surface area (TPSA) is 16.1 Å². The second-order valence-corrected chi connectivity index (χ2v) is 4.81. The van der Waals surface area contributed by atoms with Crippen LogP contribution in [-0.2, 0) is 0 Å². The number of para-hydroxylation sites is 1. The lowest BCUT2D eigenvalue weighted by Gasteiger charge is -2.24. The van der Waals surface area contributed by atoms with Crippen LogP contribution < -0.4 is 4.90 Å². The number of aromatic nitrogens is 1. The maximum atomic E-state index is 4.22. The Labute approximate surface area is 110 Å². The molecule has 3 heteroatoms. The molecule has 2 rings (SSSR count). The molecule has 2 aromatic rings. The van der Waals surface area contributed by atoms with Crippen LogP contribution in [0.1, 0.15) is 12.5 Å². The van der Waals surface area contributed by atoms with E-state index < -0.39 is 0 Å². The van der Waals surface area contributed by atoms with Crippen LogP contribution in [0.2, 0.25) is 0 Å². The number of nitrogens with zero attached hydrogens (tertiary/aromatic N) is 2. The van der Waals surface area contributed by atoms with Crippen LogP contribution in [0.15, 0.2) is 47.2 Å². The minimum absolute atomic E-state index is 0.920. The van der Waals surface area contributed by atoms with E-state index in [1.54, 1.807) is 6.20 Å². The van der Waals surface area contributed by atoms with Crippen LogP contribution >= 0.6 is 15.9 Å². The molecular formula is C14H15BrN2. The Kier molecular flexibility index (Phi) is 3.79. The largest absolute Gasteiger partial charge is 0.340 e. The molecule has 1 aromatic heterocycles. The van der Waals surface area contributed by atoms with Gasteiger partial charge in [-0.2, -0.15) is 0 Å². The molecule has 0 radical (unpaired) electrons. The molecule has 0 spiro atoms. The van der Waals surface area contributed by atoms with Crippen molar-refractivity contribution in [1.82, 2.24) is 4.98 Å². The minimum Gasteiger partial charge on any atom is -0.340 e. The van der Waals surface area contributed by atoms with Gasteiger partial charge >= 0.3 is 0 Å². The van der Waals surface area contributed by atoms with Crippen molar-refractivity contribution in [3.63, 3.8) is 0 Å². The van der Waals surface area contributed by atoms with Gasteiger partial charge in [-0.1, -0.05) is 18.2 Å². The summed E-state index contributed by atoms with van der Waals surface area (Å²) >= 11 is 3.46. The summed E-state index contributed by atoms with van der Waals surface area (Å²) in [6.45, 7) is 5.19. The van der Waals surface area contributed by atoms with E-state index in [-0.39, 0.29) is 0 Å². The average Bonchev–Trinajstić information content (AvgIpc) is 2.33. The van der Waals surface area contributed by atoms with Gasteiger partial charge < -0.3 is 4.90 Å². The normalized spacial score (nSPS) is 10.3. The molecule has 0 fully saturated rings. The standard InChI is InChI=1S/C14H15BrN2/c1-3-17(13-8-12(15)9-16-10-13)14-7-5-4-6-11(14)2/h4-10H,3H2,1-2H3. The molecule has 88 valence electrons. The molecule has 0 aliphatic heterocycles. The van der Waals surface area contributed by atoms with Gasteiger partial charge in [-0.25, -0.2) is 0 Å². The summed E-state index contributed by atoms with van der Waals surface area (Å²) in [5.74, 6) is 0. The molecule has 17 heavy (non-hydrogen) atoms. The van der Waals surface area contributed by atoms with Crippen molar-refractivity contribution < 1.29 is 0 Å². The Balaban J connectivity index is 2.44. The molecule has 0 aliphatic rings. The zero-order valence-corrected chi connectivity index (χ0v) is 11.6. The molecule has 0 aliphatic carbocycles. The van der Waals surface area contributed by atoms with E-state index in [9.17, 15) is 0 Å². The first-order valence-electron chi connectivity index (χ1n) is 5.66. The van der Waals surface area contributed by atoms with E-state index in [0.717, 1.165) is 16.7 Å². The van der Waals surface area contributed by atoms with Gasteiger partial charge in [0.15, 0.2) is 0 Å². The molecule has 0 amide bonds. The fraction of sp³-hybridized carbons (Fsp3) is 0.214. The van der Waals surface area contributed by atoms with Gasteiger partial charge in [-0.05, 0) is 47.5 Å². The fourth-order valence-electron chi connectivity index (χ4n) is 1.91. The van der Waals surface area contributed by atoms with Crippen molar-refractivity contribution >= 4 is 27.3 Å². The number of rotatable bonds is 3. The third-order valence-electron chi connectivity index (χ3n) is 2.72. The van der Waals surface area contributed by atoms with Gasteiger partial charge in [0, 0.05) is 22.9 Å². The summed E-state index contributed by atoms with van der Waals surface area (Å²) in [5, 5.41) is 0. The predicted molar refractivity (Wildman–Crippen MR) is 75.8 cm³/mol. The van der Waals surface area contributed by atoms with E-state index >= 15 is 0 Å². The van der Waals surface area contributed by atoms with E-state index in [2.05, 4.69) is 70.0 Å². The number of anilines is 2. The SMILES string of the molecule is CCN(c1cncc(Br)c1)c1ccccc1C. The number of benzene rings is 1. The van der Waals surface area contributed by atoms with Crippen LogP contribution in [0.3, 0.4) is 0 Å². The smallest absolute Gasteiger partial charge is 0.0608 e. The molecule has 0 saturated heterocycles. The highest BCUT2D eigenvalue weighted by Gasteiger charge is 2.09. The number of aryl methyl sites for hydroxylation is 1. The van der Waals surface area contributed by atoms with E-state index in [1.165, 1.54) is 11.3 Å². The Hall–Kier alpha value is -1.35. The van der Waals surface area contributed by atoms with Crippen LogP contribution in [0.25, 0.3) is 0 Å². The van der Waals surface area contributed by atoms with E-state index in [0.29, 0.717) is 0 Å². The van der Waals surface area contributed by atoms with Gasteiger partial charge in [0.2, 0.25) is 0 Å². The first kappa shape index (κ1) is 12.1. The summed E-state index contributed by atoms with van der Waals surface area (Å²) in [6, 6.07) is 10.5. The summed E-state index contributed by atoms with van der Waals surface area (Å²) < 4.78 is 1.00. The van der Waals surface area contributed by atoms with Gasteiger partial charge in [-0.3, -0.25) is 4.98 Å². The average molecular weight is 291 g/mol. The van der Waals surface area contributed by atoms with Crippen molar-refractivity contribution in [2.75, 3.05) is 11.4 Å². The second kappa shape index (κ2) is 5.32. The van der Waals surface area contributed by atoms with Crippen molar-refractivity contribution in [2.45, 2.75) is 13.8 Å². The lowest BCUT2D eigenvalue weighted by atomic mass is 10.1. The molecule has 0 unspecified atom stereocenters. The van der Waals surface area contributed by atoms with Crippen LogP contribution in [0.4, 0.5) is 11.4 Å². The highest BCUT2D eigenvalue weighted by molar-refractivity contribution is 9.10. The molecule has 0 atom stereocenters. The van der Waals surface area contributed by atoms with Gasteiger partial charge in [0.05, 0.1) is 11.9 Å². The molecular weight excluding hydrogens is 276 g/mol. The van der Waals surface area contributed by atoms with E-state index in [1.807, 2.05) is 6.20 Å². The lowest BCUT2D eigenvalue weighted by Crippen LogP contribution is -2.17. The number of pyridine rings is 1. The maximum absolute atomic E-state index is 4.22. The highest BCUT2D eigenvalue weighted by Crippen LogP contribution is 2.28. The Morgan fingerprint density at radius 2 is 2.00 bits per heavy atom. The zero-order valence-electron chi connectivity index (χ0n) is 10.0. The highest BCUT2D eigenvalue weighted by atomic mass is 79.9. The minimum atomic E-state index is 0.920. The molecule has 0 N–H and O–H groups in total. The molecule has 0 saturated carbocycles. The van der Waals surface area contributed by atoms with Gasteiger partial charge in [0.25, 0.3) is 0 Å². The third-order valence-corrected chi connectivity index (χ3v) is 3.16. The Bertz CT molecular complexity index is 511. The summed E-state index contributed by atoms with van der Waals surface area (Å²) in [7, 11) is 0. The molecule has 1 aromatic carbocycles. The van der Waals surface area contributed by atoms with Crippen molar-refractivity contribution in [1.29, 1.82) is 0 Å². The lowest BCUT2D eigenvalue weighted by molar-refractivity contribution is 1.01. The number of halogens is 1. The van der Waals surface area contributed by atoms with Crippen molar-refractivity contribution in [3.8, 4) is 0 Å². The van der Waals surface area contributed by atoms with Crippen LogP contribution in [0.5, 0.6) is 0 Å². The predicted octanol–water partition coefficient (Wildman–Crippen LogP) is 4.31. The number of hydrogen-bond donors (Lipinski definition) is 0. The molecule has 1 heterocycles. The second-order valence-electron chi connectivity index (χ2n) is 3.89. The van der Waals surface area contributed by atoms with E-state index in [4.69, 9.17) is 0 Å². The fourth-order valence-corrected chi connectivity index (χ4v) is 2.26. The number of hydrogen-bond acceptors (Lipinski definition) is 2. The van der Waals surface area contributed by atoms with Gasteiger partial charge in [-0.15, -0.1) is 0 Å². The van der Waals surface area contributed by atoms with Crippen LogP contribution in [0, 0.1) is 6.92 Å². The summed E-state index contributed by atoms with van der Waals surface area (Å²) in [4.78, 5) is 6.48. The Morgan fingerprint density at radius 3 is 2.65 bits per heavy atom. The van der Waals surface area contributed by atoms with Crippen molar-refractivity contribution in [3.05, 3.63) is 52.8 Å². The molecule has 0 bridgehead atoms. The first-order valence-corrected chi connectivity index (χ1v) is 6.45. The van der Waals surface area contributed by atoms with Crippen LogP contribution in [-0.4, -0.2) is 11.5 Å². The first-order chi connectivity index (χ1) is 8.22. The van der Waals surface area contributed by atoms with Gasteiger partial charge in [0.1, 0.15) is 0 Å². The molecule has 2 nitrogen and oxygen atoms in total. The van der Waals surface area contributed by atoms with Crippen molar-refractivity contribution in [2.24, 2.45) is 0 Å². The zero-order chi connectivity index (χ0) is 12.3. The quantitative estimate of drug-likeness (QED) is 0.837. The maximum Gasteiger partial charge on any atom is 0.0608 e. The summed E-state index contributed by atoms with van der Waals surface area (Å²) in [6.07, 6.45) is 3.69. The summed E-state index contributed by atoms with van der Waals surface area (Å²) in [5.41, 5.74) is 3.61. The third kappa shape index (κ3) is 2.67. The monoisotopic (exact) mass is 290 g/mol.